The van der Waals surface area contributed by atoms with Crippen LogP contribution < -0.4 is 4.90 Å². The van der Waals surface area contributed by atoms with Crippen LogP contribution in [0.25, 0.3) is 5.69 Å². The first-order valence-electron chi connectivity index (χ1n) is 9.45. The second-order valence-corrected chi connectivity index (χ2v) is 7.58. The fourth-order valence-electron chi connectivity index (χ4n) is 4.22. The van der Waals surface area contributed by atoms with Gasteiger partial charge in [-0.15, -0.1) is 5.10 Å². The molecule has 0 N–H and O–H groups in total. The van der Waals surface area contributed by atoms with E-state index in [0.29, 0.717) is 23.7 Å². The highest BCUT2D eigenvalue weighted by Crippen LogP contribution is 2.33. The summed E-state index contributed by atoms with van der Waals surface area (Å²) in [5.41, 5.74) is 1.47. The molecule has 0 spiro atoms. The van der Waals surface area contributed by atoms with E-state index >= 15 is 0 Å². The number of allylic oxidation sites excluding steroid dienone is 2. The number of benzene rings is 1. The number of hydrogen-bond acceptors (Lipinski definition) is 5. The molecular weight excluding hydrogens is 364 g/mol. The van der Waals surface area contributed by atoms with Gasteiger partial charge in [-0.25, -0.2) is 13.5 Å². The number of hydrogen-bond donors (Lipinski definition) is 0. The van der Waals surface area contributed by atoms with Crippen LogP contribution in [0.3, 0.4) is 0 Å². The van der Waals surface area contributed by atoms with E-state index in [9.17, 15) is 8.78 Å². The first-order valence-corrected chi connectivity index (χ1v) is 9.45. The first-order chi connectivity index (χ1) is 13.6. The highest BCUT2D eigenvalue weighted by Gasteiger charge is 2.41. The van der Waals surface area contributed by atoms with Crippen molar-refractivity contribution in [3.8, 4) is 5.69 Å². The van der Waals surface area contributed by atoms with Gasteiger partial charge in [0.25, 0.3) is 5.95 Å². The molecule has 2 saturated heterocycles. The zero-order chi connectivity index (χ0) is 19.3. The van der Waals surface area contributed by atoms with E-state index in [1.165, 1.54) is 28.7 Å². The Morgan fingerprint density at radius 2 is 1.96 bits per heavy atom. The zero-order valence-electron chi connectivity index (χ0n) is 15.5. The number of nitrogens with zero attached hydrogens (tertiary/aromatic N) is 5. The number of aromatic nitrogens is 3. The van der Waals surface area contributed by atoms with Gasteiger partial charge in [-0.1, -0.05) is 5.57 Å². The van der Waals surface area contributed by atoms with Gasteiger partial charge in [0.05, 0.1) is 11.8 Å². The van der Waals surface area contributed by atoms with Crippen LogP contribution in [0, 0.1) is 17.6 Å². The molecule has 1 aromatic carbocycles. The van der Waals surface area contributed by atoms with Crippen molar-refractivity contribution in [1.82, 2.24) is 19.7 Å². The molecule has 0 amide bonds. The average molecular weight is 385 g/mol. The van der Waals surface area contributed by atoms with Crippen molar-refractivity contribution in [3.63, 3.8) is 0 Å². The van der Waals surface area contributed by atoms with Crippen molar-refractivity contribution in [1.29, 1.82) is 0 Å². The molecule has 3 aliphatic rings. The summed E-state index contributed by atoms with van der Waals surface area (Å²) < 4.78 is 34.3. The van der Waals surface area contributed by atoms with E-state index in [-0.39, 0.29) is 6.17 Å². The van der Waals surface area contributed by atoms with Crippen molar-refractivity contribution in [3.05, 3.63) is 60.1 Å². The molecule has 1 aromatic heterocycles. The Hall–Kier alpha value is -2.58. The van der Waals surface area contributed by atoms with Gasteiger partial charge in [-0.05, 0) is 37.6 Å². The topological polar surface area (TPSA) is 46.4 Å². The van der Waals surface area contributed by atoms with Gasteiger partial charge in [0.2, 0.25) is 0 Å². The number of fused-ring (bicyclic) bond motifs is 1. The van der Waals surface area contributed by atoms with Crippen LogP contribution in [-0.4, -0.2) is 51.6 Å². The fraction of sp³-hybridized carbons (Fsp3) is 0.400. The van der Waals surface area contributed by atoms with E-state index in [2.05, 4.69) is 28.0 Å². The molecule has 2 aromatic rings. The minimum atomic E-state index is -0.648. The summed E-state index contributed by atoms with van der Waals surface area (Å²) in [6.45, 7) is 4.76. The maximum atomic E-state index is 13.5. The highest BCUT2D eigenvalue weighted by molar-refractivity contribution is 5.44. The smallest absolute Gasteiger partial charge is 0.250 e. The number of ether oxygens (including phenoxy) is 1. The molecular formula is C20H21F2N5O. The molecule has 0 radical (unpaired) electrons. The largest absolute Gasteiger partial charge is 0.377 e. The van der Waals surface area contributed by atoms with Gasteiger partial charge in [0.15, 0.2) is 0 Å². The second kappa shape index (κ2) is 6.79. The summed E-state index contributed by atoms with van der Waals surface area (Å²) in [6.07, 6.45) is 9.00. The Morgan fingerprint density at radius 1 is 1.14 bits per heavy atom. The number of likely N-dealkylation sites (tertiary alicyclic amines) is 1. The van der Waals surface area contributed by atoms with Crippen LogP contribution >= 0.6 is 0 Å². The third-order valence-corrected chi connectivity index (χ3v) is 5.62. The van der Waals surface area contributed by atoms with Crippen LogP contribution in [0.1, 0.15) is 13.3 Å². The summed E-state index contributed by atoms with van der Waals surface area (Å²) in [5.74, 6) is -0.246. The SMILES string of the molecule is CC1=CC(N2CC3CCOC3C2)N(c2ncn(-c3cc(F)cc(F)c3)n2)C=C1. The standard InChI is InChI=1S/C20H21F2N5O/c1-13-2-4-26(19(6-13)25-10-14-3-5-28-18(14)11-25)20-23-12-27(24-20)17-8-15(21)7-16(22)9-17/h2,4,6-9,12,14,18-19H,3,5,10-11H2,1H3. The summed E-state index contributed by atoms with van der Waals surface area (Å²) in [5, 5.41) is 4.46. The van der Waals surface area contributed by atoms with Gasteiger partial charge in [0.1, 0.15) is 24.1 Å². The number of rotatable bonds is 3. The fourth-order valence-corrected chi connectivity index (χ4v) is 4.22. The lowest BCUT2D eigenvalue weighted by molar-refractivity contribution is 0.0955. The van der Waals surface area contributed by atoms with E-state index < -0.39 is 11.6 Å². The first kappa shape index (κ1) is 17.5. The lowest BCUT2D eigenvalue weighted by Crippen LogP contribution is -2.46. The lowest BCUT2D eigenvalue weighted by atomic mass is 10.1. The van der Waals surface area contributed by atoms with Gasteiger partial charge < -0.3 is 4.74 Å². The Balaban J connectivity index is 1.43. The van der Waals surface area contributed by atoms with Gasteiger partial charge in [0, 0.05) is 37.9 Å². The molecule has 28 heavy (non-hydrogen) atoms. The number of anilines is 1. The second-order valence-electron chi connectivity index (χ2n) is 7.58. The summed E-state index contributed by atoms with van der Waals surface area (Å²) in [7, 11) is 0. The molecule has 6 nitrogen and oxygen atoms in total. The third kappa shape index (κ3) is 3.12. The highest BCUT2D eigenvalue weighted by atomic mass is 19.1. The average Bonchev–Trinajstić information content (AvgIpc) is 3.37. The van der Waals surface area contributed by atoms with Crippen LogP contribution in [-0.2, 0) is 4.74 Å². The normalized spacial score (nSPS) is 27.3. The summed E-state index contributed by atoms with van der Waals surface area (Å²) >= 11 is 0. The Kier molecular flexibility index (Phi) is 4.25. The Morgan fingerprint density at radius 3 is 2.75 bits per heavy atom. The van der Waals surface area contributed by atoms with Crippen LogP contribution in [0.4, 0.5) is 14.7 Å². The van der Waals surface area contributed by atoms with Gasteiger partial charge in [-0.2, -0.15) is 4.98 Å². The lowest BCUT2D eigenvalue weighted by Gasteiger charge is -2.35. The molecule has 5 rings (SSSR count). The number of halogens is 2. The molecule has 0 aliphatic carbocycles. The molecule has 2 fully saturated rings. The van der Waals surface area contributed by atoms with Crippen molar-refractivity contribution < 1.29 is 13.5 Å². The van der Waals surface area contributed by atoms with E-state index in [4.69, 9.17) is 4.74 Å². The van der Waals surface area contributed by atoms with Crippen molar-refractivity contribution in [2.75, 3.05) is 24.6 Å². The van der Waals surface area contributed by atoms with Gasteiger partial charge in [-0.3, -0.25) is 9.80 Å². The third-order valence-electron chi connectivity index (χ3n) is 5.62. The van der Waals surface area contributed by atoms with Crippen molar-refractivity contribution >= 4 is 5.95 Å². The van der Waals surface area contributed by atoms with Crippen molar-refractivity contribution in [2.45, 2.75) is 25.6 Å². The van der Waals surface area contributed by atoms with Gasteiger partial charge >= 0.3 is 0 Å². The quantitative estimate of drug-likeness (QED) is 0.813. The molecule has 4 heterocycles. The molecule has 3 aliphatic heterocycles. The van der Waals surface area contributed by atoms with Crippen molar-refractivity contribution in [2.24, 2.45) is 5.92 Å². The Bertz CT molecular complexity index is 924. The molecule has 8 heteroatoms. The van der Waals surface area contributed by atoms with E-state index in [1.807, 2.05) is 17.2 Å². The summed E-state index contributed by atoms with van der Waals surface area (Å²) in [4.78, 5) is 8.75. The van der Waals surface area contributed by atoms with Crippen LogP contribution in [0.15, 0.2) is 48.5 Å². The van der Waals surface area contributed by atoms with E-state index in [1.54, 1.807) is 0 Å². The van der Waals surface area contributed by atoms with Crippen LogP contribution in [0.2, 0.25) is 0 Å². The monoisotopic (exact) mass is 385 g/mol. The molecule has 0 saturated carbocycles. The molecule has 3 atom stereocenters. The predicted molar refractivity (Wildman–Crippen MR) is 99.9 cm³/mol. The zero-order valence-corrected chi connectivity index (χ0v) is 15.5. The maximum Gasteiger partial charge on any atom is 0.250 e. The predicted octanol–water partition coefficient (Wildman–Crippen LogP) is 2.87. The molecule has 3 unspecified atom stereocenters. The Labute approximate surface area is 161 Å². The van der Waals surface area contributed by atoms with E-state index in [0.717, 1.165) is 32.2 Å². The molecule has 146 valence electrons. The summed E-state index contributed by atoms with van der Waals surface area (Å²) in [6, 6.07) is 3.30. The maximum absolute atomic E-state index is 13.5. The molecule has 0 bridgehead atoms. The minimum absolute atomic E-state index is 0.0145. The van der Waals surface area contributed by atoms with Crippen LogP contribution in [0.5, 0.6) is 0 Å². The minimum Gasteiger partial charge on any atom is -0.377 e.